The molecule has 136 valence electrons. The lowest BCUT2D eigenvalue weighted by Gasteiger charge is -2.38. The van der Waals surface area contributed by atoms with Crippen molar-refractivity contribution in [3.63, 3.8) is 0 Å². The molecule has 1 aromatic carbocycles. The van der Waals surface area contributed by atoms with E-state index >= 15 is 0 Å². The van der Waals surface area contributed by atoms with Crippen LogP contribution >= 0.6 is 0 Å². The molecule has 1 amide bonds. The summed E-state index contributed by atoms with van der Waals surface area (Å²) >= 11 is 0. The zero-order valence-corrected chi connectivity index (χ0v) is 15.1. The third kappa shape index (κ3) is 4.43. The van der Waals surface area contributed by atoms with Gasteiger partial charge in [-0.2, -0.15) is 0 Å². The zero-order chi connectivity index (χ0) is 17.5. The van der Waals surface area contributed by atoms with Crippen molar-refractivity contribution < 1.29 is 14.3 Å². The number of carbonyl (C=O) groups is 1. The Labute approximate surface area is 150 Å². The van der Waals surface area contributed by atoms with Gasteiger partial charge in [0.15, 0.2) is 0 Å². The Morgan fingerprint density at radius 2 is 2.00 bits per heavy atom. The summed E-state index contributed by atoms with van der Waals surface area (Å²) in [6.07, 6.45) is 9.01. The van der Waals surface area contributed by atoms with Crippen molar-refractivity contribution >= 4 is 5.91 Å². The molecule has 1 aliphatic carbocycles. The summed E-state index contributed by atoms with van der Waals surface area (Å²) in [6.45, 7) is 4.84. The van der Waals surface area contributed by atoms with Crippen molar-refractivity contribution in [2.24, 2.45) is 5.92 Å². The summed E-state index contributed by atoms with van der Waals surface area (Å²) < 4.78 is 11.1. The molecule has 4 nitrogen and oxygen atoms in total. The summed E-state index contributed by atoms with van der Waals surface area (Å²) in [5.74, 6) is 1.22. The molecule has 1 aromatic rings. The first kappa shape index (κ1) is 18.0. The third-order valence-corrected chi connectivity index (χ3v) is 5.47. The first-order chi connectivity index (χ1) is 12.2. The SMILES string of the molecule is CCOc1ccc(C2(CNC(=O)[C@@H]3CC=CCC3)CCOCC2)cc1. The van der Waals surface area contributed by atoms with Crippen molar-refractivity contribution in [2.75, 3.05) is 26.4 Å². The Morgan fingerprint density at radius 3 is 2.64 bits per heavy atom. The van der Waals surface area contributed by atoms with E-state index in [0.29, 0.717) is 13.2 Å². The minimum atomic E-state index is -0.0385. The number of rotatable bonds is 6. The van der Waals surface area contributed by atoms with E-state index in [-0.39, 0.29) is 17.2 Å². The average molecular weight is 343 g/mol. The number of nitrogens with one attached hydrogen (secondary N) is 1. The van der Waals surface area contributed by atoms with Crippen LogP contribution in [-0.2, 0) is 14.9 Å². The molecule has 0 aromatic heterocycles. The molecule has 1 heterocycles. The Hall–Kier alpha value is -1.81. The quantitative estimate of drug-likeness (QED) is 0.803. The summed E-state index contributed by atoms with van der Waals surface area (Å²) in [4.78, 5) is 12.6. The highest BCUT2D eigenvalue weighted by Crippen LogP contribution is 2.35. The van der Waals surface area contributed by atoms with E-state index < -0.39 is 0 Å². The van der Waals surface area contributed by atoms with Gasteiger partial charge in [0.05, 0.1) is 6.61 Å². The molecule has 1 atom stereocenters. The van der Waals surface area contributed by atoms with Crippen LogP contribution < -0.4 is 10.1 Å². The van der Waals surface area contributed by atoms with Crippen molar-refractivity contribution in [3.05, 3.63) is 42.0 Å². The number of carbonyl (C=O) groups excluding carboxylic acids is 1. The fourth-order valence-electron chi connectivity index (χ4n) is 3.83. The van der Waals surface area contributed by atoms with Gasteiger partial charge in [0.25, 0.3) is 0 Å². The van der Waals surface area contributed by atoms with Crippen LogP contribution in [0.5, 0.6) is 5.75 Å². The van der Waals surface area contributed by atoms with Crippen LogP contribution in [-0.4, -0.2) is 32.3 Å². The van der Waals surface area contributed by atoms with Gasteiger partial charge < -0.3 is 14.8 Å². The van der Waals surface area contributed by atoms with Crippen molar-refractivity contribution in [1.82, 2.24) is 5.32 Å². The molecule has 1 N–H and O–H groups in total. The van der Waals surface area contributed by atoms with Crippen LogP contribution in [0, 0.1) is 5.92 Å². The Bertz CT molecular complexity index is 588. The van der Waals surface area contributed by atoms with Gasteiger partial charge in [-0.3, -0.25) is 4.79 Å². The normalized spacial score (nSPS) is 22.4. The smallest absolute Gasteiger partial charge is 0.223 e. The number of hydrogen-bond donors (Lipinski definition) is 1. The maximum atomic E-state index is 12.6. The second kappa shape index (κ2) is 8.52. The lowest BCUT2D eigenvalue weighted by molar-refractivity contribution is -0.125. The maximum absolute atomic E-state index is 12.6. The molecule has 0 saturated carbocycles. The van der Waals surface area contributed by atoms with Gasteiger partial charge in [-0.15, -0.1) is 0 Å². The lowest BCUT2D eigenvalue weighted by Crippen LogP contribution is -2.46. The van der Waals surface area contributed by atoms with E-state index in [1.807, 2.05) is 19.1 Å². The van der Waals surface area contributed by atoms with E-state index in [2.05, 4.69) is 29.6 Å². The van der Waals surface area contributed by atoms with Crippen LogP contribution in [0.3, 0.4) is 0 Å². The monoisotopic (exact) mass is 343 g/mol. The summed E-state index contributed by atoms with van der Waals surface area (Å²) in [5, 5.41) is 3.24. The minimum absolute atomic E-state index is 0.0385. The highest BCUT2D eigenvalue weighted by molar-refractivity contribution is 5.79. The van der Waals surface area contributed by atoms with Gasteiger partial charge in [0, 0.05) is 31.1 Å². The molecule has 1 aliphatic heterocycles. The van der Waals surface area contributed by atoms with Gasteiger partial charge in [-0.25, -0.2) is 0 Å². The number of benzene rings is 1. The van der Waals surface area contributed by atoms with Crippen LogP contribution in [0.15, 0.2) is 36.4 Å². The largest absolute Gasteiger partial charge is 0.494 e. The molecule has 0 radical (unpaired) electrons. The molecule has 0 spiro atoms. The zero-order valence-electron chi connectivity index (χ0n) is 15.1. The molecule has 0 bridgehead atoms. The Balaban J connectivity index is 1.69. The molecule has 0 unspecified atom stereocenters. The number of hydrogen-bond acceptors (Lipinski definition) is 3. The highest BCUT2D eigenvalue weighted by atomic mass is 16.5. The van der Waals surface area contributed by atoms with Gasteiger partial charge in [-0.05, 0) is 56.7 Å². The van der Waals surface area contributed by atoms with Crippen LogP contribution in [0.4, 0.5) is 0 Å². The molecule has 2 aliphatic rings. The fraction of sp³-hybridized carbons (Fsp3) is 0.571. The molecule has 1 saturated heterocycles. The van der Waals surface area contributed by atoms with Crippen LogP contribution in [0.25, 0.3) is 0 Å². The third-order valence-electron chi connectivity index (χ3n) is 5.47. The molecule has 4 heteroatoms. The number of allylic oxidation sites excluding steroid dienone is 2. The summed E-state index contributed by atoms with van der Waals surface area (Å²) in [5.41, 5.74) is 1.23. The molecule has 1 fully saturated rings. The predicted molar refractivity (Wildman–Crippen MR) is 98.8 cm³/mol. The van der Waals surface area contributed by atoms with E-state index in [0.717, 1.165) is 51.1 Å². The van der Waals surface area contributed by atoms with Crippen LogP contribution in [0.1, 0.15) is 44.6 Å². The molecular weight excluding hydrogens is 314 g/mol. The van der Waals surface area contributed by atoms with Gasteiger partial charge in [0.2, 0.25) is 5.91 Å². The standard InChI is InChI=1S/C21H29NO3/c1-2-25-19-10-8-18(9-11-19)21(12-14-24-15-13-21)16-22-20(23)17-6-4-3-5-7-17/h3-4,8-11,17H,2,5-7,12-16H2,1H3,(H,22,23)/t17-/m1/s1. The summed E-state index contributed by atoms with van der Waals surface area (Å²) in [6, 6.07) is 8.35. The van der Waals surface area contributed by atoms with Crippen molar-refractivity contribution in [2.45, 2.75) is 44.4 Å². The fourth-order valence-corrected chi connectivity index (χ4v) is 3.83. The first-order valence-electron chi connectivity index (χ1n) is 9.47. The second-order valence-electron chi connectivity index (χ2n) is 7.05. The molecule has 3 rings (SSSR count). The molecular formula is C21H29NO3. The average Bonchev–Trinajstić information content (AvgIpc) is 2.68. The maximum Gasteiger partial charge on any atom is 0.223 e. The van der Waals surface area contributed by atoms with Gasteiger partial charge in [-0.1, -0.05) is 24.3 Å². The number of amides is 1. The highest BCUT2D eigenvalue weighted by Gasteiger charge is 2.35. The van der Waals surface area contributed by atoms with Gasteiger partial charge in [0.1, 0.15) is 5.75 Å². The number of ether oxygens (including phenoxy) is 2. The van der Waals surface area contributed by atoms with Crippen molar-refractivity contribution in [1.29, 1.82) is 0 Å². The Morgan fingerprint density at radius 1 is 1.24 bits per heavy atom. The van der Waals surface area contributed by atoms with Crippen LogP contribution in [0.2, 0.25) is 0 Å². The van der Waals surface area contributed by atoms with E-state index in [1.54, 1.807) is 0 Å². The van der Waals surface area contributed by atoms with E-state index in [9.17, 15) is 4.79 Å². The minimum Gasteiger partial charge on any atom is -0.494 e. The van der Waals surface area contributed by atoms with Crippen molar-refractivity contribution in [3.8, 4) is 5.75 Å². The second-order valence-corrected chi connectivity index (χ2v) is 7.05. The van der Waals surface area contributed by atoms with Gasteiger partial charge >= 0.3 is 0 Å². The molecule has 25 heavy (non-hydrogen) atoms. The van der Waals surface area contributed by atoms with E-state index in [4.69, 9.17) is 9.47 Å². The first-order valence-corrected chi connectivity index (χ1v) is 9.47. The summed E-state index contributed by atoms with van der Waals surface area (Å²) in [7, 11) is 0. The topological polar surface area (TPSA) is 47.6 Å². The lowest BCUT2D eigenvalue weighted by atomic mass is 9.74. The van der Waals surface area contributed by atoms with E-state index in [1.165, 1.54) is 5.56 Å². The predicted octanol–water partition coefficient (Wildman–Crippen LogP) is 3.61. The Kier molecular flexibility index (Phi) is 6.14.